The summed E-state index contributed by atoms with van der Waals surface area (Å²) >= 11 is 0. The van der Waals surface area contributed by atoms with Crippen molar-refractivity contribution in [3.63, 3.8) is 0 Å². The number of hydrogen-bond acceptors (Lipinski definition) is 4. The molecule has 1 aliphatic carbocycles. The molecule has 0 spiro atoms. The van der Waals surface area contributed by atoms with Crippen LogP contribution in [0.2, 0.25) is 0 Å². The van der Waals surface area contributed by atoms with Crippen molar-refractivity contribution in [1.82, 2.24) is 0 Å². The molecule has 23 heavy (non-hydrogen) atoms. The zero-order valence-electron chi connectivity index (χ0n) is 13.1. The molecule has 1 heterocycles. The lowest BCUT2D eigenvalue weighted by atomic mass is 9.85. The average Bonchev–Trinajstić information content (AvgIpc) is 3.11. The lowest BCUT2D eigenvalue weighted by molar-refractivity contribution is 0.580. The largest absolute Gasteiger partial charge is 0.464 e. The molecular weight excluding hydrogens is 286 g/mol. The first-order valence-corrected chi connectivity index (χ1v) is 8.09. The topological polar surface area (TPSA) is 86.7 Å². The van der Waals surface area contributed by atoms with E-state index >= 15 is 0 Å². The molecule has 0 bridgehead atoms. The molecule has 0 saturated heterocycles. The summed E-state index contributed by atoms with van der Waals surface area (Å²) in [4.78, 5) is 0. The molecule has 3 rings (SSSR count). The Labute approximate surface area is 136 Å². The van der Waals surface area contributed by atoms with E-state index in [1.54, 1.807) is 6.26 Å². The first-order chi connectivity index (χ1) is 11.3. The number of nitrogens with two attached hydrogens (primary N) is 1. The van der Waals surface area contributed by atoms with E-state index in [2.05, 4.69) is 12.1 Å². The van der Waals surface area contributed by atoms with Gasteiger partial charge in [-0.2, -0.15) is 10.5 Å². The minimum Gasteiger partial charge on any atom is -0.464 e. The quantitative estimate of drug-likeness (QED) is 0.795. The molecular formula is C19H19N3O. The smallest absolute Gasteiger partial charge is 0.135 e. The van der Waals surface area contributed by atoms with Crippen molar-refractivity contribution in [2.75, 3.05) is 5.73 Å². The summed E-state index contributed by atoms with van der Waals surface area (Å²) < 4.78 is 5.57. The number of nitrogen functional groups attached to an aromatic ring is 1. The van der Waals surface area contributed by atoms with Crippen LogP contribution in [-0.4, -0.2) is 0 Å². The van der Waals surface area contributed by atoms with Gasteiger partial charge in [-0.3, -0.25) is 0 Å². The SMILES string of the molecule is N#Cc1c(N)c(C#N)c(-c2ccco2)c2c1CCCCCCC2. The highest BCUT2D eigenvalue weighted by molar-refractivity contribution is 5.83. The third-order valence-electron chi connectivity index (χ3n) is 4.60. The van der Waals surface area contributed by atoms with E-state index in [-0.39, 0.29) is 0 Å². The molecule has 1 aromatic carbocycles. The average molecular weight is 305 g/mol. The van der Waals surface area contributed by atoms with Crippen LogP contribution in [0.15, 0.2) is 22.8 Å². The van der Waals surface area contributed by atoms with Crippen molar-refractivity contribution in [3.8, 4) is 23.5 Å². The first-order valence-electron chi connectivity index (χ1n) is 8.09. The van der Waals surface area contributed by atoms with Crippen molar-refractivity contribution in [3.05, 3.63) is 40.6 Å². The molecule has 0 fully saturated rings. The Hall–Kier alpha value is -2.72. The van der Waals surface area contributed by atoms with Crippen LogP contribution in [0.3, 0.4) is 0 Å². The second-order valence-corrected chi connectivity index (χ2v) is 5.96. The number of fused-ring (bicyclic) bond motifs is 1. The Balaban J connectivity index is 2.34. The van der Waals surface area contributed by atoms with Gasteiger partial charge < -0.3 is 10.2 Å². The van der Waals surface area contributed by atoms with Crippen LogP contribution in [0, 0.1) is 22.7 Å². The summed E-state index contributed by atoms with van der Waals surface area (Å²) in [5.74, 6) is 0.660. The van der Waals surface area contributed by atoms with Gasteiger partial charge in [-0.25, -0.2) is 0 Å². The van der Waals surface area contributed by atoms with E-state index < -0.39 is 0 Å². The van der Waals surface area contributed by atoms with Gasteiger partial charge in [0.25, 0.3) is 0 Å². The van der Waals surface area contributed by atoms with Crippen LogP contribution in [0.25, 0.3) is 11.3 Å². The summed E-state index contributed by atoms with van der Waals surface area (Å²) in [6.07, 6.45) is 8.95. The minimum atomic E-state index is 0.291. The number of furan rings is 1. The molecule has 0 radical (unpaired) electrons. The fourth-order valence-electron chi connectivity index (χ4n) is 3.50. The number of hydrogen-bond donors (Lipinski definition) is 1. The first kappa shape index (κ1) is 15.2. The normalized spacial score (nSPS) is 14.7. The second kappa shape index (κ2) is 6.58. The highest BCUT2D eigenvalue weighted by Gasteiger charge is 2.24. The zero-order valence-corrected chi connectivity index (χ0v) is 13.1. The number of rotatable bonds is 1. The zero-order chi connectivity index (χ0) is 16.2. The third-order valence-corrected chi connectivity index (χ3v) is 4.60. The maximum atomic E-state index is 9.62. The van der Waals surface area contributed by atoms with Gasteiger partial charge in [0, 0.05) is 5.56 Å². The lowest BCUT2D eigenvalue weighted by Crippen LogP contribution is -2.08. The number of nitrogens with zero attached hydrogens (tertiary/aromatic N) is 2. The summed E-state index contributed by atoms with van der Waals surface area (Å²) in [7, 11) is 0. The molecule has 1 aromatic heterocycles. The van der Waals surface area contributed by atoms with Crippen molar-refractivity contribution in [2.45, 2.75) is 44.9 Å². The monoisotopic (exact) mass is 305 g/mol. The van der Waals surface area contributed by atoms with Gasteiger partial charge in [0.2, 0.25) is 0 Å². The number of anilines is 1. The molecule has 0 aliphatic heterocycles. The molecule has 4 heteroatoms. The van der Waals surface area contributed by atoms with E-state index in [9.17, 15) is 10.5 Å². The molecule has 116 valence electrons. The molecule has 0 unspecified atom stereocenters. The summed E-state index contributed by atoms with van der Waals surface area (Å²) in [5, 5.41) is 19.2. The van der Waals surface area contributed by atoms with Crippen molar-refractivity contribution in [2.24, 2.45) is 0 Å². The Morgan fingerprint density at radius 1 is 0.913 bits per heavy atom. The van der Waals surface area contributed by atoms with Crippen LogP contribution < -0.4 is 5.73 Å². The Bertz CT molecular complexity index is 792. The van der Waals surface area contributed by atoms with Crippen LogP contribution in [0.4, 0.5) is 5.69 Å². The van der Waals surface area contributed by atoms with Crippen LogP contribution in [-0.2, 0) is 12.8 Å². The van der Waals surface area contributed by atoms with Gasteiger partial charge in [0.05, 0.1) is 23.1 Å². The molecule has 4 nitrogen and oxygen atoms in total. The van der Waals surface area contributed by atoms with E-state index in [0.717, 1.165) is 42.4 Å². The molecule has 0 amide bonds. The highest BCUT2D eigenvalue weighted by atomic mass is 16.3. The summed E-state index contributed by atoms with van der Waals surface area (Å²) in [6.45, 7) is 0. The van der Waals surface area contributed by atoms with E-state index in [1.807, 2.05) is 12.1 Å². The molecule has 0 atom stereocenters. The fraction of sp³-hybridized carbons (Fsp3) is 0.368. The number of benzene rings is 1. The lowest BCUT2D eigenvalue weighted by Gasteiger charge is -2.18. The predicted octanol–water partition coefficient (Wildman–Crippen LogP) is 4.32. The van der Waals surface area contributed by atoms with Gasteiger partial charge in [0.1, 0.15) is 17.9 Å². The van der Waals surface area contributed by atoms with E-state index in [0.29, 0.717) is 22.6 Å². The van der Waals surface area contributed by atoms with E-state index in [4.69, 9.17) is 10.2 Å². The van der Waals surface area contributed by atoms with Gasteiger partial charge in [0.15, 0.2) is 0 Å². The van der Waals surface area contributed by atoms with E-state index in [1.165, 1.54) is 19.3 Å². The summed E-state index contributed by atoms with van der Waals surface area (Å²) in [5.41, 5.74) is 10.2. The molecule has 2 N–H and O–H groups in total. The summed E-state index contributed by atoms with van der Waals surface area (Å²) in [6, 6.07) is 8.09. The van der Waals surface area contributed by atoms with Crippen LogP contribution >= 0.6 is 0 Å². The van der Waals surface area contributed by atoms with Gasteiger partial charge in [-0.1, -0.05) is 19.3 Å². The Morgan fingerprint density at radius 3 is 2.17 bits per heavy atom. The van der Waals surface area contributed by atoms with Gasteiger partial charge >= 0.3 is 0 Å². The molecule has 0 saturated carbocycles. The standard InChI is InChI=1S/C19H19N3O/c20-11-15-13-7-4-2-1-3-5-8-14(13)18(16(12-21)19(15)22)17-9-6-10-23-17/h6,9-10H,1-5,7-8,22H2. The third kappa shape index (κ3) is 2.69. The Morgan fingerprint density at radius 2 is 1.57 bits per heavy atom. The predicted molar refractivity (Wildman–Crippen MR) is 88.5 cm³/mol. The van der Waals surface area contributed by atoms with Crippen molar-refractivity contribution in [1.29, 1.82) is 10.5 Å². The molecule has 1 aliphatic rings. The van der Waals surface area contributed by atoms with Gasteiger partial charge in [-0.15, -0.1) is 0 Å². The van der Waals surface area contributed by atoms with Crippen molar-refractivity contribution >= 4 is 5.69 Å². The Kier molecular flexibility index (Phi) is 4.35. The van der Waals surface area contributed by atoms with Crippen molar-refractivity contribution < 1.29 is 4.42 Å². The maximum Gasteiger partial charge on any atom is 0.135 e. The molecule has 2 aromatic rings. The van der Waals surface area contributed by atoms with Crippen LogP contribution in [0.1, 0.15) is 54.4 Å². The highest BCUT2D eigenvalue weighted by Crippen LogP contribution is 2.39. The van der Waals surface area contributed by atoms with Gasteiger partial charge in [-0.05, 0) is 48.9 Å². The second-order valence-electron chi connectivity index (χ2n) is 5.96. The minimum absolute atomic E-state index is 0.291. The van der Waals surface area contributed by atoms with Crippen LogP contribution in [0.5, 0.6) is 0 Å². The maximum absolute atomic E-state index is 9.62. The fourth-order valence-corrected chi connectivity index (χ4v) is 3.50. The number of nitriles is 2.